The van der Waals surface area contributed by atoms with Crippen molar-refractivity contribution in [3.63, 3.8) is 0 Å². The number of hydrogen-bond donors (Lipinski definition) is 1. The normalized spacial score (nSPS) is 10.8. The van der Waals surface area contributed by atoms with Crippen LogP contribution in [0.2, 0.25) is 0 Å². The van der Waals surface area contributed by atoms with E-state index >= 15 is 0 Å². The molecule has 20 heavy (non-hydrogen) atoms. The molecule has 2 nitrogen and oxygen atoms in total. The van der Waals surface area contributed by atoms with Gasteiger partial charge in [0.1, 0.15) is 5.82 Å². The fourth-order valence-corrected chi connectivity index (χ4v) is 2.32. The summed E-state index contributed by atoms with van der Waals surface area (Å²) in [5.41, 5.74) is 4.92. The molecule has 0 saturated heterocycles. The zero-order valence-corrected chi connectivity index (χ0v) is 12.1. The highest BCUT2D eigenvalue weighted by Crippen LogP contribution is 2.26. The molecule has 0 spiro atoms. The lowest BCUT2D eigenvalue weighted by Crippen LogP contribution is -1.95. The Labute approximate surface area is 119 Å². The van der Waals surface area contributed by atoms with Crippen molar-refractivity contribution in [3.05, 3.63) is 65.4 Å². The van der Waals surface area contributed by atoms with E-state index in [2.05, 4.69) is 73.5 Å². The number of benzene rings is 2. The molecule has 1 N–H and O–H groups in total. The Kier molecular flexibility index (Phi) is 3.15. The van der Waals surface area contributed by atoms with Crippen LogP contribution in [0.3, 0.4) is 0 Å². The van der Waals surface area contributed by atoms with E-state index in [0.29, 0.717) is 0 Å². The summed E-state index contributed by atoms with van der Waals surface area (Å²) >= 11 is 0. The third-order valence-corrected chi connectivity index (χ3v) is 3.69. The van der Waals surface area contributed by atoms with Crippen molar-refractivity contribution in [2.75, 3.05) is 5.32 Å². The first kappa shape index (κ1) is 12.7. The molecule has 2 heteroatoms. The molecule has 2 aromatic carbocycles. The highest BCUT2D eigenvalue weighted by atomic mass is 15.0. The molecule has 1 aromatic heterocycles. The van der Waals surface area contributed by atoms with Gasteiger partial charge in [0, 0.05) is 17.3 Å². The average Bonchev–Trinajstić information content (AvgIpc) is 2.43. The molecule has 0 atom stereocenters. The highest BCUT2D eigenvalue weighted by molar-refractivity contribution is 5.94. The van der Waals surface area contributed by atoms with Crippen LogP contribution >= 0.6 is 0 Å². The van der Waals surface area contributed by atoms with Crippen molar-refractivity contribution >= 4 is 22.3 Å². The number of pyridine rings is 1. The van der Waals surface area contributed by atoms with Gasteiger partial charge in [0.05, 0.1) is 0 Å². The van der Waals surface area contributed by atoms with E-state index < -0.39 is 0 Å². The molecule has 0 amide bonds. The second kappa shape index (κ2) is 4.97. The summed E-state index contributed by atoms with van der Waals surface area (Å²) in [6.45, 7) is 6.37. The standard InChI is InChI=1S/C18H18N2/c1-12-4-6-16(7-5-12)20-18-17-11-14(3)13(2)10-15(17)8-9-19-18/h4-11H,1-3H3,(H,19,20). The Morgan fingerprint density at radius 1 is 0.850 bits per heavy atom. The zero-order valence-electron chi connectivity index (χ0n) is 12.1. The number of rotatable bonds is 2. The molecule has 0 saturated carbocycles. The molecular formula is C18H18N2. The Hall–Kier alpha value is -2.35. The summed E-state index contributed by atoms with van der Waals surface area (Å²) in [6.07, 6.45) is 1.85. The topological polar surface area (TPSA) is 24.9 Å². The number of nitrogens with one attached hydrogen (secondary N) is 1. The van der Waals surface area contributed by atoms with Gasteiger partial charge in [-0.15, -0.1) is 0 Å². The van der Waals surface area contributed by atoms with Gasteiger partial charge < -0.3 is 5.32 Å². The smallest absolute Gasteiger partial charge is 0.138 e. The molecule has 0 aliphatic rings. The molecular weight excluding hydrogens is 244 g/mol. The van der Waals surface area contributed by atoms with Crippen LogP contribution in [-0.2, 0) is 0 Å². The van der Waals surface area contributed by atoms with Crippen LogP contribution < -0.4 is 5.32 Å². The van der Waals surface area contributed by atoms with E-state index in [1.165, 1.54) is 22.1 Å². The van der Waals surface area contributed by atoms with E-state index in [4.69, 9.17) is 0 Å². The molecule has 1 heterocycles. The molecule has 0 radical (unpaired) electrons. The van der Waals surface area contributed by atoms with E-state index in [0.717, 1.165) is 16.9 Å². The van der Waals surface area contributed by atoms with Gasteiger partial charge in [-0.1, -0.05) is 23.8 Å². The van der Waals surface area contributed by atoms with Gasteiger partial charge in [-0.3, -0.25) is 0 Å². The summed E-state index contributed by atoms with van der Waals surface area (Å²) in [5.74, 6) is 0.912. The molecule has 3 aromatic rings. The number of fused-ring (bicyclic) bond motifs is 1. The second-order valence-corrected chi connectivity index (χ2v) is 5.31. The van der Waals surface area contributed by atoms with Crippen LogP contribution in [0.15, 0.2) is 48.7 Å². The van der Waals surface area contributed by atoms with Crippen LogP contribution in [0.25, 0.3) is 10.8 Å². The minimum absolute atomic E-state index is 0.912. The van der Waals surface area contributed by atoms with Crippen molar-refractivity contribution < 1.29 is 0 Å². The van der Waals surface area contributed by atoms with E-state index in [-0.39, 0.29) is 0 Å². The first-order valence-electron chi connectivity index (χ1n) is 6.83. The van der Waals surface area contributed by atoms with Crippen molar-refractivity contribution in [3.8, 4) is 0 Å². The zero-order chi connectivity index (χ0) is 14.1. The summed E-state index contributed by atoms with van der Waals surface area (Å²) < 4.78 is 0. The predicted molar refractivity (Wildman–Crippen MR) is 85.7 cm³/mol. The third kappa shape index (κ3) is 2.37. The van der Waals surface area contributed by atoms with Gasteiger partial charge >= 0.3 is 0 Å². The Morgan fingerprint density at radius 2 is 1.55 bits per heavy atom. The van der Waals surface area contributed by atoms with Gasteiger partial charge in [0.25, 0.3) is 0 Å². The number of nitrogens with zero attached hydrogens (tertiary/aromatic N) is 1. The van der Waals surface area contributed by atoms with E-state index in [1.54, 1.807) is 0 Å². The summed E-state index contributed by atoms with van der Waals surface area (Å²) in [6, 6.07) is 14.8. The molecule has 0 aliphatic heterocycles. The second-order valence-electron chi connectivity index (χ2n) is 5.31. The third-order valence-electron chi connectivity index (χ3n) is 3.69. The van der Waals surface area contributed by atoms with Crippen LogP contribution in [0, 0.1) is 20.8 Å². The fraction of sp³-hybridized carbons (Fsp3) is 0.167. The van der Waals surface area contributed by atoms with Gasteiger partial charge in [0.2, 0.25) is 0 Å². The SMILES string of the molecule is Cc1ccc(Nc2nccc3cc(C)c(C)cc23)cc1. The maximum atomic E-state index is 4.48. The fourth-order valence-electron chi connectivity index (χ4n) is 2.32. The summed E-state index contributed by atoms with van der Waals surface area (Å²) in [4.78, 5) is 4.48. The monoisotopic (exact) mass is 262 g/mol. The first-order chi connectivity index (χ1) is 9.63. The van der Waals surface area contributed by atoms with Crippen LogP contribution in [0.4, 0.5) is 11.5 Å². The van der Waals surface area contributed by atoms with Gasteiger partial charge in [0.15, 0.2) is 0 Å². The highest BCUT2D eigenvalue weighted by Gasteiger charge is 2.05. The maximum Gasteiger partial charge on any atom is 0.138 e. The molecule has 100 valence electrons. The lowest BCUT2D eigenvalue weighted by Gasteiger charge is -2.11. The Balaban J connectivity index is 2.07. The van der Waals surface area contributed by atoms with Crippen LogP contribution in [0.1, 0.15) is 16.7 Å². The number of aryl methyl sites for hydroxylation is 3. The molecule has 0 bridgehead atoms. The van der Waals surface area contributed by atoms with Crippen LogP contribution in [0.5, 0.6) is 0 Å². The molecule has 3 rings (SSSR count). The summed E-state index contributed by atoms with van der Waals surface area (Å²) in [7, 11) is 0. The predicted octanol–water partition coefficient (Wildman–Crippen LogP) is 4.90. The molecule has 0 aliphatic carbocycles. The number of hydrogen-bond acceptors (Lipinski definition) is 2. The minimum Gasteiger partial charge on any atom is -0.340 e. The van der Waals surface area contributed by atoms with Crippen molar-refractivity contribution in [2.24, 2.45) is 0 Å². The van der Waals surface area contributed by atoms with Gasteiger partial charge in [-0.05, 0) is 61.5 Å². The van der Waals surface area contributed by atoms with Gasteiger partial charge in [-0.2, -0.15) is 0 Å². The Morgan fingerprint density at radius 3 is 2.30 bits per heavy atom. The van der Waals surface area contributed by atoms with Gasteiger partial charge in [-0.25, -0.2) is 4.98 Å². The number of aromatic nitrogens is 1. The molecule has 0 fully saturated rings. The first-order valence-corrected chi connectivity index (χ1v) is 6.83. The van der Waals surface area contributed by atoms with Crippen molar-refractivity contribution in [1.82, 2.24) is 4.98 Å². The molecule has 0 unspecified atom stereocenters. The van der Waals surface area contributed by atoms with E-state index in [9.17, 15) is 0 Å². The average molecular weight is 262 g/mol. The van der Waals surface area contributed by atoms with E-state index in [1.807, 2.05) is 6.20 Å². The summed E-state index contributed by atoms with van der Waals surface area (Å²) in [5, 5.41) is 5.79. The largest absolute Gasteiger partial charge is 0.340 e. The van der Waals surface area contributed by atoms with Crippen LogP contribution in [-0.4, -0.2) is 4.98 Å². The lowest BCUT2D eigenvalue weighted by molar-refractivity contribution is 1.31. The Bertz CT molecular complexity index is 758. The van der Waals surface area contributed by atoms with Crippen molar-refractivity contribution in [2.45, 2.75) is 20.8 Å². The van der Waals surface area contributed by atoms with Crippen molar-refractivity contribution in [1.29, 1.82) is 0 Å². The lowest BCUT2D eigenvalue weighted by atomic mass is 10.0. The number of anilines is 2. The quantitative estimate of drug-likeness (QED) is 0.710. The minimum atomic E-state index is 0.912. The maximum absolute atomic E-state index is 4.48.